The SMILES string of the molecule is CC(=O)C=C(C)O.CC(=O)C=C(C)O.CC(C)CC(=O)C=C(O)CC(C)C.Cc1[c-]c(-c2cc(CC(C)C)c3cc(-c4ccccc4)ccc3n2)cc(C)c1.Cc1[c-]c(-c2cc(CC(C)C)c3cc(C)ccc3n2)cc(C)c1.Cc1cc(C)cc(-c2ccnc(-c3[c-]cccc3)c2)c1.Cc1ccc(-c2[c-]cccc2)nc1.Cc1ccnc(-c2[c-]cc3sc4ccccc4c3c2)c1.[Ir].[Ir].[Ir].[Ir]. The van der Waals surface area contributed by atoms with Crippen LogP contribution in [0.25, 0.3) is 121 Å². The van der Waals surface area contributed by atoms with Crippen LogP contribution in [-0.2, 0) is 108 Å². The van der Waals surface area contributed by atoms with Gasteiger partial charge in [-0.25, -0.2) is 0 Å². The summed E-state index contributed by atoms with van der Waals surface area (Å²) in [4.78, 5) is 54.4. The summed E-state index contributed by atoms with van der Waals surface area (Å²) in [6.07, 6.45) is 12.5. The Balaban J connectivity index is 0.000000281. The molecule has 0 bridgehead atoms. The summed E-state index contributed by atoms with van der Waals surface area (Å²) >= 11 is 1.82. The molecule has 16 heteroatoms. The molecule has 4 radical (unpaired) electrons. The van der Waals surface area contributed by atoms with Crippen LogP contribution in [0.3, 0.4) is 0 Å². The number of ketones is 3. The number of fused-ring (bicyclic) bond motifs is 5. The van der Waals surface area contributed by atoms with Crippen LogP contribution in [0.5, 0.6) is 0 Å². The van der Waals surface area contributed by atoms with Crippen molar-refractivity contribution in [2.45, 2.75) is 171 Å². The van der Waals surface area contributed by atoms with Crippen molar-refractivity contribution in [1.29, 1.82) is 0 Å². The third-order valence-corrected chi connectivity index (χ3v) is 21.4. The molecule has 11 nitrogen and oxygen atoms in total. The summed E-state index contributed by atoms with van der Waals surface area (Å²) in [5.41, 5.74) is 31.2. The fraction of sp³-hybridized carbons (Fsp3) is 0.244. The summed E-state index contributed by atoms with van der Waals surface area (Å²) in [5, 5.41) is 31.2. The molecule has 10 aromatic carbocycles. The van der Waals surface area contributed by atoms with E-state index in [0.717, 1.165) is 91.3 Å². The van der Waals surface area contributed by atoms with Gasteiger partial charge in [-0.15, -0.1) is 165 Å². The van der Waals surface area contributed by atoms with Crippen molar-refractivity contribution in [2.75, 3.05) is 0 Å². The summed E-state index contributed by atoms with van der Waals surface area (Å²) in [6, 6.07) is 101. The van der Waals surface area contributed by atoms with Crippen molar-refractivity contribution < 1.29 is 110 Å². The van der Waals surface area contributed by atoms with E-state index in [9.17, 15) is 19.5 Å². The van der Waals surface area contributed by atoms with E-state index in [-0.39, 0.29) is 115 Å². The molecule has 0 aliphatic carbocycles. The number of hydrogen-bond acceptors (Lipinski definition) is 12. The number of aliphatic hydroxyl groups excluding tert-OH is 3. The zero-order chi connectivity index (χ0) is 95.0. The fourth-order valence-electron chi connectivity index (χ4n) is 14.9. The largest absolute Gasteiger partial charge is 0.512 e. The van der Waals surface area contributed by atoms with E-state index in [1.54, 1.807) is 0 Å². The number of benzene rings is 10. The van der Waals surface area contributed by atoms with E-state index < -0.39 is 0 Å². The zero-order valence-electron chi connectivity index (χ0n) is 81.2. The van der Waals surface area contributed by atoms with Crippen LogP contribution >= 0.6 is 11.3 Å². The van der Waals surface area contributed by atoms with Gasteiger partial charge in [0.1, 0.15) is 0 Å². The minimum absolute atomic E-state index is 0. The van der Waals surface area contributed by atoms with Gasteiger partial charge in [-0.2, -0.15) is 11.3 Å². The summed E-state index contributed by atoms with van der Waals surface area (Å²) in [5.74, 6) is 2.06. The van der Waals surface area contributed by atoms with Crippen LogP contribution < -0.4 is 0 Å². The molecule has 16 aromatic rings. The quantitative estimate of drug-likeness (QED) is 0.0423. The molecule has 0 fully saturated rings. The van der Waals surface area contributed by atoms with Gasteiger partial charge < -0.3 is 30.3 Å². The topological polar surface area (TPSA) is 176 Å². The van der Waals surface area contributed by atoms with Gasteiger partial charge in [-0.1, -0.05) is 226 Å². The third-order valence-electron chi connectivity index (χ3n) is 20.2. The molecular weight excluding hydrogens is 2400 g/mol. The maximum Gasteiger partial charge on any atom is 0.159 e. The average Bonchev–Trinajstić information content (AvgIpc) is 1.73. The van der Waals surface area contributed by atoms with E-state index in [2.05, 4.69) is 310 Å². The van der Waals surface area contributed by atoms with Crippen molar-refractivity contribution in [1.82, 2.24) is 24.9 Å². The summed E-state index contributed by atoms with van der Waals surface area (Å²) < 4.78 is 2.60. The Morgan fingerprint density at radius 2 is 0.830 bits per heavy atom. The maximum absolute atomic E-state index is 11.2. The first-order valence-electron chi connectivity index (χ1n) is 44.7. The molecule has 6 heterocycles. The van der Waals surface area contributed by atoms with Crippen molar-refractivity contribution in [3.63, 3.8) is 0 Å². The first-order valence-corrected chi connectivity index (χ1v) is 45.6. The number of hydrogen-bond donors (Lipinski definition) is 3. The average molecular weight is 2520 g/mol. The van der Waals surface area contributed by atoms with E-state index in [0.29, 0.717) is 36.5 Å². The van der Waals surface area contributed by atoms with Crippen LogP contribution in [0.2, 0.25) is 0 Å². The molecule has 0 unspecified atom stereocenters. The first-order chi connectivity index (χ1) is 62.5. The van der Waals surface area contributed by atoms with Crippen LogP contribution in [0.1, 0.15) is 157 Å². The predicted molar refractivity (Wildman–Crippen MR) is 550 cm³/mol. The van der Waals surface area contributed by atoms with E-state index in [1.807, 2.05) is 125 Å². The Hall–Kier alpha value is -11.1. The standard InChI is InChI=1S/C27H26N.C22H24N.C19H16N.C18H12NS.C12H10N.C11H20O2.2C5H8O2.4Ir/c1-18(2)12-23-17-27(24-14-19(3)13-20(4)15-24)28-26-11-10-22(16-25(23)26)21-8-6-5-7-9-21;1-14(2)8-18-13-22(19-10-16(4)9-17(5)11-19)23-21-7-6-15(3)12-20(18)21;1-14-10-15(2)12-18(11-14)17-8-9-20-19(13-17)16-6-4-3-5-7-16;1-12-8-9-19-16(10-12)13-6-7-18-15(11-13)14-4-2-3-5-17(14)20-18;1-10-7-8-12(13-9-10)11-5-3-2-4-6-11;1-8(2)5-10(12)7-11(13)6-9(3)4;2*1-4(6)3-5(2)7;;;;/h5-11,13-14,16-18H,12H2,1-4H3;6-7,9-10,12-14H,8H2,1-5H3;3-6,8-13H,1-2H3;2-5,7-11H,1H3;2-5,7-9H,1H3;7-9,12H,5-6H2,1-4H3;2*3,6H,1-2H3;;;;/q5*-1;;;;;;;. The Kier molecular flexibility index (Phi) is 48.4. The second kappa shape index (κ2) is 57.1. The van der Waals surface area contributed by atoms with E-state index in [4.69, 9.17) is 20.2 Å². The second-order valence-electron chi connectivity index (χ2n) is 35.3. The number of pyridine rings is 5. The first kappa shape index (κ1) is 114. The third kappa shape index (κ3) is 38.2. The van der Waals surface area contributed by atoms with Gasteiger partial charge in [-0.3, -0.25) is 24.4 Å². The normalized spacial score (nSPS) is 10.9. The number of rotatable bonds is 18. The van der Waals surface area contributed by atoms with Gasteiger partial charge >= 0.3 is 0 Å². The molecule has 135 heavy (non-hydrogen) atoms. The van der Waals surface area contributed by atoms with Crippen LogP contribution in [-0.4, -0.2) is 57.6 Å². The number of thiophene rings is 1. The minimum atomic E-state index is -0.125. The fourth-order valence-corrected chi connectivity index (χ4v) is 16.0. The molecule has 0 saturated heterocycles. The van der Waals surface area contributed by atoms with Gasteiger partial charge in [0.15, 0.2) is 17.3 Å². The molecule has 6 aromatic heterocycles. The molecule has 0 amide bonds. The molecule has 0 spiro atoms. The number of carbonyl (C=O) groups is 3. The Morgan fingerprint density at radius 1 is 0.348 bits per heavy atom. The molecule has 16 rings (SSSR count). The predicted octanol–water partition coefficient (Wildman–Crippen LogP) is 31.1. The van der Waals surface area contributed by atoms with Crippen LogP contribution in [0.15, 0.2) is 297 Å². The number of nitrogens with zero attached hydrogens (tertiary/aromatic N) is 5. The molecular formula is C119H124Ir4N5O6S-5. The number of aliphatic hydroxyl groups is 3. The molecule has 0 saturated carbocycles. The van der Waals surface area contributed by atoms with E-state index >= 15 is 0 Å². The Bertz CT molecular complexity index is 6530. The van der Waals surface area contributed by atoms with Gasteiger partial charge in [0, 0.05) is 146 Å². The maximum atomic E-state index is 11.2. The molecule has 0 aliphatic heterocycles. The second-order valence-corrected chi connectivity index (χ2v) is 36.4. The number of allylic oxidation sites excluding steroid dienone is 6. The van der Waals surface area contributed by atoms with Crippen LogP contribution in [0, 0.1) is 116 Å². The Labute approximate surface area is 859 Å². The van der Waals surface area contributed by atoms with Gasteiger partial charge in [0.05, 0.1) is 28.3 Å². The van der Waals surface area contributed by atoms with Gasteiger partial charge in [0.2, 0.25) is 0 Å². The molecule has 708 valence electrons. The van der Waals surface area contributed by atoms with Crippen molar-refractivity contribution in [2.24, 2.45) is 23.7 Å². The molecule has 3 N–H and O–H groups in total. The molecule has 0 atom stereocenters. The number of aryl methyl sites for hydroxylation is 9. The van der Waals surface area contributed by atoms with Gasteiger partial charge in [-0.05, 0) is 219 Å². The van der Waals surface area contributed by atoms with E-state index in [1.165, 1.54) is 149 Å². The van der Waals surface area contributed by atoms with Crippen molar-refractivity contribution in [3.8, 4) is 78.5 Å². The number of aromatic nitrogens is 5. The van der Waals surface area contributed by atoms with Crippen molar-refractivity contribution >= 4 is 70.7 Å². The minimum Gasteiger partial charge on any atom is -0.512 e. The molecule has 0 aliphatic rings. The van der Waals surface area contributed by atoms with Crippen LogP contribution in [0.4, 0.5) is 0 Å². The zero-order valence-corrected chi connectivity index (χ0v) is 91.6. The van der Waals surface area contributed by atoms with Crippen molar-refractivity contribution in [3.05, 3.63) is 388 Å². The smallest absolute Gasteiger partial charge is 0.159 e. The Morgan fingerprint density at radius 3 is 1.32 bits per heavy atom. The summed E-state index contributed by atoms with van der Waals surface area (Å²) in [6.45, 7) is 41.8. The van der Waals surface area contributed by atoms with Gasteiger partial charge in [0.25, 0.3) is 0 Å². The summed E-state index contributed by atoms with van der Waals surface area (Å²) in [7, 11) is 0. The monoisotopic (exact) mass is 2520 g/mol. The number of carbonyl (C=O) groups excluding carboxylic acids is 3.